The van der Waals surface area contributed by atoms with Crippen LogP contribution in [0.3, 0.4) is 0 Å². The normalized spacial score (nSPS) is 13.3. The first-order valence-corrected chi connectivity index (χ1v) is 15.9. The lowest BCUT2D eigenvalue weighted by atomic mass is 9.92. The number of nitrogens with one attached hydrogen (secondary N) is 4. The molecule has 0 aliphatic carbocycles. The summed E-state index contributed by atoms with van der Waals surface area (Å²) in [5.41, 5.74) is 17.4. The minimum atomic E-state index is 0.380. The van der Waals surface area contributed by atoms with Gasteiger partial charge in [0.2, 0.25) is 0 Å². The summed E-state index contributed by atoms with van der Waals surface area (Å²) in [6.45, 7) is 16.7. The Morgan fingerprint density at radius 2 is 1.07 bits per heavy atom. The molecule has 0 saturated heterocycles. The van der Waals surface area contributed by atoms with E-state index in [0.29, 0.717) is 37.0 Å². The second-order valence-electron chi connectivity index (χ2n) is 12.2. The zero-order chi connectivity index (χ0) is 29.0. The maximum absolute atomic E-state index is 6.03. The predicted molar refractivity (Wildman–Crippen MR) is 175 cm³/mol. The number of benzene rings is 2. The Balaban J connectivity index is 2.08. The first-order valence-electron chi connectivity index (χ1n) is 15.9. The van der Waals surface area contributed by atoms with Crippen molar-refractivity contribution in [2.24, 2.45) is 23.3 Å². The molecule has 6 heteroatoms. The molecule has 226 valence electrons. The lowest BCUT2D eigenvalue weighted by Gasteiger charge is -2.22. The molecule has 0 spiro atoms. The van der Waals surface area contributed by atoms with Crippen LogP contribution in [0.15, 0.2) is 48.5 Å². The highest BCUT2D eigenvalue weighted by molar-refractivity contribution is 5.65. The van der Waals surface area contributed by atoms with Crippen LogP contribution >= 0.6 is 0 Å². The van der Waals surface area contributed by atoms with Crippen molar-refractivity contribution >= 4 is 0 Å². The third kappa shape index (κ3) is 15.3. The number of nitrogens with two attached hydrogens (primary N) is 2. The summed E-state index contributed by atoms with van der Waals surface area (Å²) in [5.74, 6) is 1.38. The summed E-state index contributed by atoms with van der Waals surface area (Å²) in [5, 5.41) is 14.7. The van der Waals surface area contributed by atoms with E-state index >= 15 is 0 Å². The molecule has 0 heterocycles. The lowest BCUT2D eigenvalue weighted by Crippen LogP contribution is -2.36. The van der Waals surface area contributed by atoms with Gasteiger partial charge in [0.05, 0.1) is 0 Å². The third-order valence-corrected chi connectivity index (χ3v) is 7.19. The van der Waals surface area contributed by atoms with Crippen molar-refractivity contribution in [3.05, 3.63) is 59.7 Å². The van der Waals surface area contributed by atoms with Crippen molar-refractivity contribution < 1.29 is 0 Å². The van der Waals surface area contributed by atoms with E-state index in [-0.39, 0.29) is 0 Å². The Morgan fingerprint density at radius 3 is 1.50 bits per heavy atom. The summed E-state index contributed by atoms with van der Waals surface area (Å²) in [7, 11) is 0. The summed E-state index contributed by atoms with van der Waals surface area (Å²) >= 11 is 0. The molecule has 0 radical (unpaired) electrons. The van der Waals surface area contributed by atoms with Gasteiger partial charge in [0.25, 0.3) is 0 Å². The van der Waals surface area contributed by atoms with Gasteiger partial charge in [-0.05, 0) is 125 Å². The molecule has 0 bridgehead atoms. The quantitative estimate of drug-likeness (QED) is 0.115. The van der Waals surface area contributed by atoms with Crippen LogP contribution in [-0.4, -0.2) is 64.4 Å². The smallest absolute Gasteiger partial charge is 0.0119 e. The van der Waals surface area contributed by atoms with Crippen molar-refractivity contribution in [2.75, 3.05) is 52.4 Å². The molecule has 0 aliphatic heterocycles. The van der Waals surface area contributed by atoms with Gasteiger partial charge in [-0.25, -0.2) is 0 Å². The molecule has 0 saturated carbocycles. The van der Waals surface area contributed by atoms with Crippen molar-refractivity contribution in [3.8, 4) is 11.1 Å². The van der Waals surface area contributed by atoms with E-state index in [1.807, 2.05) is 0 Å². The van der Waals surface area contributed by atoms with Gasteiger partial charge in [-0.2, -0.15) is 0 Å². The van der Waals surface area contributed by atoms with Gasteiger partial charge in [-0.15, -0.1) is 0 Å². The Bertz CT molecular complexity index is 835. The third-order valence-electron chi connectivity index (χ3n) is 7.19. The molecule has 6 nitrogen and oxygen atoms in total. The van der Waals surface area contributed by atoms with Crippen molar-refractivity contribution in [3.63, 3.8) is 0 Å². The molecule has 0 aliphatic rings. The zero-order valence-electron chi connectivity index (χ0n) is 26.0. The van der Waals surface area contributed by atoms with E-state index in [4.69, 9.17) is 11.5 Å². The molecule has 2 atom stereocenters. The Morgan fingerprint density at radius 1 is 0.600 bits per heavy atom. The maximum atomic E-state index is 6.03. The van der Waals surface area contributed by atoms with E-state index in [9.17, 15) is 0 Å². The van der Waals surface area contributed by atoms with Crippen LogP contribution in [0.25, 0.3) is 11.1 Å². The van der Waals surface area contributed by atoms with Gasteiger partial charge >= 0.3 is 0 Å². The largest absolute Gasteiger partial charge is 0.330 e. The van der Waals surface area contributed by atoms with Crippen LogP contribution in [0, 0.1) is 11.8 Å². The molecule has 2 rings (SSSR count). The molecular formula is C34H60N6. The molecule has 2 unspecified atom stereocenters. The molecule has 0 amide bonds. The Kier molecular flexibility index (Phi) is 18.0. The van der Waals surface area contributed by atoms with E-state index in [1.165, 1.54) is 22.3 Å². The van der Waals surface area contributed by atoms with Gasteiger partial charge < -0.3 is 32.7 Å². The van der Waals surface area contributed by atoms with E-state index in [0.717, 1.165) is 77.8 Å². The summed E-state index contributed by atoms with van der Waals surface area (Å²) < 4.78 is 0. The lowest BCUT2D eigenvalue weighted by molar-refractivity contribution is 0.461. The standard InChI is InChI=1S/C34H60N6/c1-27(2)25-37-16-8-18-39-33(12-14-35)23-29-20-30(22-32(21-29)31-10-6-5-7-11-31)24-34(13-15-36)40-19-9-17-38-26-28(3)4/h5-7,10-11,20-22,27-28,33-34,37-40H,8-9,12-19,23-26,35-36H2,1-4H3. The summed E-state index contributed by atoms with van der Waals surface area (Å²) in [4.78, 5) is 0. The van der Waals surface area contributed by atoms with Gasteiger partial charge in [0.15, 0.2) is 0 Å². The monoisotopic (exact) mass is 552 g/mol. The van der Waals surface area contributed by atoms with Gasteiger partial charge in [-0.3, -0.25) is 0 Å². The minimum Gasteiger partial charge on any atom is -0.330 e. The average Bonchev–Trinajstić information content (AvgIpc) is 2.92. The van der Waals surface area contributed by atoms with Crippen LogP contribution in [0.4, 0.5) is 0 Å². The van der Waals surface area contributed by atoms with Gasteiger partial charge in [-0.1, -0.05) is 76.2 Å². The van der Waals surface area contributed by atoms with Crippen LogP contribution < -0.4 is 32.7 Å². The van der Waals surface area contributed by atoms with Crippen LogP contribution in [0.2, 0.25) is 0 Å². The first kappa shape index (κ1) is 34.4. The molecule has 8 N–H and O–H groups in total. The minimum absolute atomic E-state index is 0.380. The van der Waals surface area contributed by atoms with Gasteiger partial charge in [0, 0.05) is 12.1 Å². The van der Waals surface area contributed by atoms with Crippen molar-refractivity contribution in [1.82, 2.24) is 21.3 Å². The first-order chi connectivity index (χ1) is 19.4. The second-order valence-corrected chi connectivity index (χ2v) is 12.2. The van der Waals surface area contributed by atoms with E-state index in [2.05, 4.69) is 97.5 Å². The highest BCUT2D eigenvalue weighted by Crippen LogP contribution is 2.24. The Hall–Kier alpha value is -1.80. The van der Waals surface area contributed by atoms with Crippen molar-refractivity contribution in [2.45, 2.75) is 78.3 Å². The molecule has 0 aromatic heterocycles. The average molecular weight is 553 g/mol. The predicted octanol–water partition coefficient (Wildman–Crippen LogP) is 4.32. The fourth-order valence-corrected chi connectivity index (χ4v) is 5.14. The van der Waals surface area contributed by atoms with Crippen molar-refractivity contribution in [1.29, 1.82) is 0 Å². The topological polar surface area (TPSA) is 100 Å². The molecule has 2 aromatic rings. The fraction of sp³-hybridized carbons (Fsp3) is 0.647. The molecule has 0 fully saturated rings. The Labute approximate surface area is 245 Å². The number of hydrogen-bond acceptors (Lipinski definition) is 6. The van der Waals surface area contributed by atoms with Crippen LogP contribution in [0.5, 0.6) is 0 Å². The number of rotatable bonds is 23. The van der Waals surface area contributed by atoms with Crippen LogP contribution in [0.1, 0.15) is 64.5 Å². The maximum Gasteiger partial charge on any atom is 0.0119 e. The van der Waals surface area contributed by atoms with Gasteiger partial charge in [0.1, 0.15) is 0 Å². The SMILES string of the molecule is CC(C)CNCCCNC(CCN)Cc1cc(CC(CCN)NCCCNCC(C)C)cc(-c2ccccc2)c1. The molecule has 40 heavy (non-hydrogen) atoms. The second kappa shape index (κ2) is 21.0. The van der Waals surface area contributed by atoms with E-state index < -0.39 is 0 Å². The number of hydrogen-bond donors (Lipinski definition) is 6. The zero-order valence-corrected chi connectivity index (χ0v) is 26.0. The fourth-order valence-electron chi connectivity index (χ4n) is 5.14. The highest BCUT2D eigenvalue weighted by atomic mass is 14.9. The van der Waals surface area contributed by atoms with E-state index in [1.54, 1.807) is 0 Å². The highest BCUT2D eigenvalue weighted by Gasteiger charge is 2.14. The summed E-state index contributed by atoms with van der Waals surface area (Å²) in [6, 6.07) is 18.7. The molecular weight excluding hydrogens is 492 g/mol. The van der Waals surface area contributed by atoms with Crippen LogP contribution in [-0.2, 0) is 12.8 Å². The summed E-state index contributed by atoms with van der Waals surface area (Å²) in [6.07, 6.45) is 6.19. The molecule has 2 aromatic carbocycles.